The third kappa shape index (κ3) is 5.44. The Hall–Kier alpha value is -2.97. The van der Waals surface area contributed by atoms with Crippen molar-refractivity contribution in [2.24, 2.45) is 0 Å². The molecule has 1 aliphatic heterocycles. The number of anilines is 2. The molecular formula is C24H24N4O2S2. The Bertz CT molecular complexity index is 1110. The zero-order valence-electron chi connectivity index (χ0n) is 17.7. The van der Waals surface area contributed by atoms with E-state index >= 15 is 0 Å². The summed E-state index contributed by atoms with van der Waals surface area (Å²) in [6.07, 6.45) is 4.54. The maximum Gasteiger partial charge on any atom is 0.326 e. The van der Waals surface area contributed by atoms with Gasteiger partial charge in [-0.2, -0.15) is 0 Å². The molecule has 0 fully saturated rings. The van der Waals surface area contributed by atoms with Crippen molar-refractivity contribution in [1.29, 1.82) is 0 Å². The zero-order valence-corrected chi connectivity index (χ0v) is 19.3. The third-order valence-electron chi connectivity index (χ3n) is 5.08. The highest BCUT2D eigenvalue weighted by Crippen LogP contribution is 2.32. The number of fused-ring (bicyclic) bond motifs is 1. The van der Waals surface area contributed by atoms with Crippen LogP contribution in [0.25, 0.3) is 0 Å². The van der Waals surface area contributed by atoms with E-state index in [1.54, 1.807) is 58.9 Å². The number of thioether (sulfide) groups is 2. The Labute approximate surface area is 196 Å². The number of pyridine rings is 1. The van der Waals surface area contributed by atoms with Crippen molar-refractivity contribution >= 4 is 46.8 Å². The summed E-state index contributed by atoms with van der Waals surface area (Å²) >= 11 is 3.35. The van der Waals surface area contributed by atoms with Crippen LogP contribution >= 0.6 is 23.5 Å². The number of nitrogens with zero attached hydrogens (tertiary/aromatic N) is 2. The molecule has 6 nitrogen and oxygen atoms in total. The molecule has 2 aromatic carbocycles. The van der Waals surface area contributed by atoms with Crippen molar-refractivity contribution in [3.63, 3.8) is 0 Å². The van der Waals surface area contributed by atoms with Crippen molar-refractivity contribution in [3.05, 3.63) is 78.0 Å². The van der Waals surface area contributed by atoms with Crippen molar-refractivity contribution < 1.29 is 9.59 Å². The second-order valence-corrected chi connectivity index (χ2v) is 9.16. The largest absolute Gasteiger partial charge is 0.352 e. The second kappa shape index (κ2) is 10.6. The maximum atomic E-state index is 12.9. The van der Waals surface area contributed by atoms with Gasteiger partial charge in [0.25, 0.3) is 5.91 Å². The first kappa shape index (κ1) is 22.2. The summed E-state index contributed by atoms with van der Waals surface area (Å²) in [5.41, 5.74) is 3.08. The summed E-state index contributed by atoms with van der Waals surface area (Å²) in [6, 6.07) is 18.8. The molecular weight excluding hydrogens is 440 g/mol. The molecule has 0 atom stereocenters. The van der Waals surface area contributed by atoms with Gasteiger partial charge >= 0.3 is 6.03 Å². The fourth-order valence-corrected chi connectivity index (χ4v) is 4.74. The van der Waals surface area contributed by atoms with Crippen LogP contribution in [0.3, 0.4) is 0 Å². The van der Waals surface area contributed by atoms with Gasteiger partial charge in [0.05, 0.1) is 5.69 Å². The van der Waals surface area contributed by atoms with Crippen molar-refractivity contribution in [1.82, 2.24) is 10.3 Å². The first-order valence-corrected chi connectivity index (χ1v) is 12.5. The van der Waals surface area contributed by atoms with Crippen molar-refractivity contribution in [2.75, 3.05) is 35.3 Å². The highest BCUT2D eigenvalue weighted by Gasteiger charge is 2.23. The average molecular weight is 465 g/mol. The second-order valence-electron chi connectivity index (χ2n) is 7.19. The van der Waals surface area contributed by atoms with Gasteiger partial charge in [0.1, 0.15) is 5.03 Å². The van der Waals surface area contributed by atoms with E-state index in [9.17, 15) is 9.59 Å². The van der Waals surface area contributed by atoms with Gasteiger partial charge in [0.2, 0.25) is 0 Å². The highest BCUT2D eigenvalue weighted by molar-refractivity contribution is 7.99. The number of carbonyl (C=O) groups excluding carboxylic acids is 2. The SMILES string of the molecule is CSc1ccc(CCNC(=O)c2cccc(NC(=O)N3CCSc4ncccc43)c2)cc1. The molecule has 8 heteroatoms. The van der Waals surface area contributed by atoms with Crippen LogP contribution in [-0.2, 0) is 6.42 Å². The summed E-state index contributed by atoms with van der Waals surface area (Å²) in [6.45, 7) is 1.15. The predicted octanol–water partition coefficient (Wildman–Crippen LogP) is 4.92. The molecule has 164 valence electrons. The molecule has 0 aliphatic carbocycles. The molecule has 3 aromatic rings. The average Bonchev–Trinajstić information content (AvgIpc) is 2.84. The van der Waals surface area contributed by atoms with Crippen LogP contribution in [0.15, 0.2) is 76.8 Å². The predicted molar refractivity (Wildman–Crippen MR) is 132 cm³/mol. The number of aromatic nitrogens is 1. The molecule has 0 saturated carbocycles. The van der Waals surface area contributed by atoms with Gasteiger partial charge in [-0.05, 0) is 60.7 Å². The lowest BCUT2D eigenvalue weighted by molar-refractivity contribution is 0.0954. The fourth-order valence-electron chi connectivity index (χ4n) is 3.41. The Kier molecular flexibility index (Phi) is 7.34. The number of benzene rings is 2. The number of urea groups is 1. The Morgan fingerprint density at radius 2 is 1.97 bits per heavy atom. The first-order chi connectivity index (χ1) is 15.6. The minimum Gasteiger partial charge on any atom is -0.352 e. The monoisotopic (exact) mass is 464 g/mol. The summed E-state index contributed by atoms with van der Waals surface area (Å²) in [5.74, 6) is 0.630. The minimum absolute atomic E-state index is 0.161. The molecule has 32 heavy (non-hydrogen) atoms. The third-order valence-corrected chi connectivity index (χ3v) is 6.79. The van der Waals surface area contributed by atoms with Crippen LogP contribution in [0.5, 0.6) is 0 Å². The van der Waals surface area contributed by atoms with Crippen molar-refractivity contribution in [3.8, 4) is 0 Å². The molecule has 1 aliphatic rings. The number of rotatable bonds is 6. The molecule has 0 saturated heterocycles. The molecule has 2 heterocycles. The molecule has 3 amide bonds. The van der Waals surface area contributed by atoms with E-state index in [1.165, 1.54) is 10.5 Å². The van der Waals surface area contributed by atoms with Crippen LogP contribution < -0.4 is 15.5 Å². The van der Waals surface area contributed by atoms with E-state index in [-0.39, 0.29) is 11.9 Å². The molecule has 2 N–H and O–H groups in total. The molecule has 0 unspecified atom stereocenters. The van der Waals surface area contributed by atoms with Gasteiger partial charge in [-0.15, -0.1) is 23.5 Å². The van der Waals surface area contributed by atoms with Crippen LogP contribution in [0.4, 0.5) is 16.2 Å². The van der Waals surface area contributed by atoms with Gasteiger partial charge < -0.3 is 10.6 Å². The number of hydrogen-bond acceptors (Lipinski definition) is 5. The summed E-state index contributed by atoms with van der Waals surface area (Å²) in [7, 11) is 0. The summed E-state index contributed by atoms with van der Waals surface area (Å²) < 4.78 is 0. The van der Waals surface area contributed by atoms with E-state index in [0.29, 0.717) is 24.3 Å². The Balaban J connectivity index is 1.34. The molecule has 0 spiro atoms. The van der Waals surface area contributed by atoms with Crippen LogP contribution in [-0.4, -0.2) is 42.0 Å². The van der Waals surface area contributed by atoms with Gasteiger partial charge in [0.15, 0.2) is 0 Å². The van der Waals surface area contributed by atoms with E-state index in [2.05, 4.69) is 39.9 Å². The summed E-state index contributed by atoms with van der Waals surface area (Å²) in [4.78, 5) is 32.7. The highest BCUT2D eigenvalue weighted by atomic mass is 32.2. The topological polar surface area (TPSA) is 74.3 Å². The van der Waals surface area contributed by atoms with E-state index in [4.69, 9.17) is 0 Å². The minimum atomic E-state index is -0.231. The smallest absolute Gasteiger partial charge is 0.326 e. The lowest BCUT2D eigenvalue weighted by atomic mass is 10.1. The summed E-state index contributed by atoms with van der Waals surface area (Å²) in [5, 5.41) is 6.72. The molecule has 4 rings (SSSR count). The molecule has 1 aromatic heterocycles. The maximum absolute atomic E-state index is 12.9. The van der Waals surface area contributed by atoms with Gasteiger partial charge in [-0.1, -0.05) is 18.2 Å². The van der Waals surface area contributed by atoms with Crippen LogP contribution in [0.2, 0.25) is 0 Å². The first-order valence-electron chi connectivity index (χ1n) is 10.3. The quantitative estimate of drug-likeness (QED) is 0.507. The van der Waals surface area contributed by atoms with E-state index in [1.807, 2.05) is 18.4 Å². The lowest BCUT2D eigenvalue weighted by Gasteiger charge is -2.28. The normalized spacial score (nSPS) is 12.7. The fraction of sp³-hybridized carbons (Fsp3) is 0.208. The number of carbonyl (C=O) groups is 2. The molecule has 0 radical (unpaired) electrons. The van der Waals surface area contributed by atoms with E-state index in [0.717, 1.165) is 22.9 Å². The Morgan fingerprint density at radius 3 is 2.78 bits per heavy atom. The van der Waals surface area contributed by atoms with Crippen molar-refractivity contribution in [2.45, 2.75) is 16.3 Å². The van der Waals surface area contributed by atoms with Gasteiger partial charge in [-0.25, -0.2) is 9.78 Å². The van der Waals surface area contributed by atoms with Gasteiger partial charge in [-0.3, -0.25) is 9.69 Å². The van der Waals surface area contributed by atoms with Crippen LogP contribution in [0.1, 0.15) is 15.9 Å². The lowest BCUT2D eigenvalue weighted by Crippen LogP contribution is -2.39. The number of hydrogen-bond donors (Lipinski definition) is 2. The standard InChI is InChI=1S/C24H24N4O2S2/c1-31-20-9-7-17(8-10-20)11-13-25-22(29)18-4-2-5-19(16-18)27-24(30)28-14-15-32-23-21(28)6-3-12-26-23/h2-10,12,16H,11,13-15H2,1H3,(H,25,29)(H,27,30). The van der Waals surface area contributed by atoms with Gasteiger partial charge in [0, 0.05) is 41.2 Å². The van der Waals surface area contributed by atoms with Crippen LogP contribution in [0, 0.1) is 0 Å². The zero-order chi connectivity index (χ0) is 22.3. The Morgan fingerprint density at radius 1 is 1.12 bits per heavy atom. The number of nitrogens with one attached hydrogen (secondary N) is 2. The number of amides is 3. The van der Waals surface area contributed by atoms with E-state index < -0.39 is 0 Å². The molecule has 0 bridgehead atoms.